The Kier molecular flexibility index (Phi) is 9.53. The number of aromatic nitrogens is 4. The zero-order valence-corrected chi connectivity index (χ0v) is 24.8. The molecule has 0 fully saturated rings. The van der Waals surface area contributed by atoms with Gasteiger partial charge in [-0.1, -0.05) is 12.1 Å². The van der Waals surface area contributed by atoms with Crippen LogP contribution >= 0.6 is 0 Å². The van der Waals surface area contributed by atoms with Crippen molar-refractivity contribution >= 4 is 34.4 Å². The van der Waals surface area contributed by atoms with E-state index in [4.69, 9.17) is 9.72 Å². The van der Waals surface area contributed by atoms with Crippen LogP contribution in [-0.2, 0) is 4.79 Å². The third kappa shape index (κ3) is 7.38. The topological polar surface area (TPSA) is 103 Å². The standard InChI is InChI=1S/C30H39N9O2/c1-21-10-8-11-25-29(32-20-39(21)25)22-13-14-31-30(34-22)35-24-18-23(33-28(40)12-9-15-36(2)3)26(19-27(24)41-7)38(6)17-16-37(4)5/h8-14,18-20H,15-17H2,1-7H3,(H,33,40)(H,31,34,35)/b12-9+. The number of pyridine rings is 1. The van der Waals surface area contributed by atoms with Crippen LogP contribution in [0.15, 0.2) is 61.1 Å². The van der Waals surface area contributed by atoms with Crippen LogP contribution in [0.3, 0.4) is 0 Å². The van der Waals surface area contributed by atoms with Crippen LogP contribution in [-0.4, -0.2) is 97.0 Å². The molecular weight excluding hydrogens is 518 g/mol. The first-order chi connectivity index (χ1) is 19.7. The van der Waals surface area contributed by atoms with Crippen molar-refractivity contribution in [3.8, 4) is 17.1 Å². The number of imidazole rings is 1. The van der Waals surface area contributed by atoms with E-state index in [0.717, 1.165) is 35.7 Å². The van der Waals surface area contributed by atoms with E-state index in [-0.39, 0.29) is 5.91 Å². The molecule has 1 aromatic carbocycles. The highest BCUT2D eigenvalue weighted by atomic mass is 16.5. The van der Waals surface area contributed by atoms with E-state index in [1.54, 1.807) is 25.7 Å². The molecule has 0 unspecified atom stereocenters. The van der Waals surface area contributed by atoms with Gasteiger partial charge in [-0.2, -0.15) is 0 Å². The lowest BCUT2D eigenvalue weighted by molar-refractivity contribution is -0.111. The minimum Gasteiger partial charge on any atom is -0.494 e. The quantitative estimate of drug-likeness (QED) is 0.251. The number of methoxy groups -OCH3 is 1. The van der Waals surface area contributed by atoms with Gasteiger partial charge in [-0.3, -0.25) is 4.79 Å². The van der Waals surface area contributed by atoms with Crippen LogP contribution in [0.1, 0.15) is 5.69 Å². The molecule has 3 heterocycles. The highest BCUT2D eigenvalue weighted by Crippen LogP contribution is 2.38. The number of carbonyl (C=O) groups is 1. The Hall–Kier alpha value is -4.48. The Balaban J connectivity index is 1.68. The second-order valence-corrected chi connectivity index (χ2v) is 10.4. The lowest BCUT2D eigenvalue weighted by atomic mass is 10.2. The lowest BCUT2D eigenvalue weighted by Gasteiger charge is -2.26. The number of nitrogens with one attached hydrogen (secondary N) is 2. The minimum absolute atomic E-state index is 0.217. The van der Waals surface area contributed by atoms with E-state index in [1.807, 2.05) is 93.9 Å². The number of hydrogen-bond donors (Lipinski definition) is 2. The van der Waals surface area contributed by atoms with Crippen molar-refractivity contribution in [3.63, 3.8) is 0 Å². The molecule has 11 heteroatoms. The van der Waals surface area contributed by atoms with Crippen molar-refractivity contribution in [1.29, 1.82) is 0 Å². The summed E-state index contributed by atoms with van der Waals surface area (Å²) in [4.78, 5) is 32.8. The van der Waals surface area contributed by atoms with Crippen LogP contribution in [0.4, 0.5) is 23.0 Å². The molecule has 1 amide bonds. The third-order valence-corrected chi connectivity index (χ3v) is 6.53. The predicted molar refractivity (Wildman–Crippen MR) is 165 cm³/mol. The van der Waals surface area contributed by atoms with Crippen LogP contribution in [0, 0.1) is 6.92 Å². The predicted octanol–water partition coefficient (Wildman–Crippen LogP) is 3.91. The molecule has 4 rings (SSSR count). The second-order valence-electron chi connectivity index (χ2n) is 10.4. The van der Waals surface area contributed by atoms with Crippen molar-refractivity contribution < 1.29 is 9.53 Å². The number of rotatable bonds is 12. The average molecular weight is 558 g/mol. The number of anilines is 4. The van der Waals surface area contributed by atoms with Crippen molar-refractivity contribution in [3.05, 3.63) is 66.8 Å². The molecule has 0 atom stereocenters. The molecule has 11 nitrogen and oxygen atoms in total. The van der Waals surface area contributed by atoms with Gasteiger partial charge in [-0.15, -0.1) is 0 Å². The molecule has 41 heavy (non-hydrogen) atoms. The highest BCUT2D eigenvalue weighted by molar-refractivity contribution is 6.02. The maximum atomic E-state index is 12.8. The molecule has 0 aliphatic heterocycles. The summed E-state index contributed by atoms with van der Waals surface area (Å²) in [5, 5.41) is 6.33. The van der Waals surface area contributed by atoms with Gasteiger partial charge in [-0.25, -0.2) is 15.0 Å². The summed E-state index contributed by atoms with van der Waals surface area (Å²) in [6, 6.07) is 11.6. The largest absolute Gasteiger partial charge is 0.494 e. The Morgan fingerprint density at radius 2 is 1.83 bits per heavy atom. The summed E-state index contributed by atoms with van der Waals surface area (Å²) in [7, 11) is 11.6. The van der Waals surface area contributed by atoms with E-state index in [1.165, 1.54) is 0 Å². The van der Waals surface area contributed by atoms with Gasteiger partial charge >= 0.3 is 0 Å². The molecule has 0 saturated carbocycles. The Bertz CT molecular complexity index is 1530. The number of carbonyl (C=O) groups excluding carboxylic acids is 1. The fourth-order valence-corrected chi connectivity index (χ4v) is 4.29. The van der Waals surface area contributed by atoms with Gasteiger partial charge in [0.2, 0.25) is 11.9 Å². The molecule has 0 saturated heterocycles. The molecule has 0 bridgehead atoms. The van der Waals surface area contributed by atoms with Crippen molar-refractivity contribution in [2.24, 2.45) is 0 Å². The summed E-state index contributed by atoms with van der Waals surface area (Å²) in [6.45, 7) is 4.30. The molecule has 0 spiro atoms. The zero-order valence-electron chi connectivity index (χ0n) is 24.8. The van der Waals surface area contributed by atoms with E-state index in [2.05, 4.69) is 30.4 Å². The Morgan fingerprint density at radius 1 is 1.02 bits per heavy atom. The monoisotopic (exact) mass is 557 g/mol. The number of fused-ring (bicyclic) bond motifs is 1. The van der Waals surface area contributed by atoms with Gasteiger partial charge in [0.15, 0.2) is 0 Å². The third-order valence-electron chi connectivity index (χ3n) is 6.53. The molecule has 3 aromatic heterocycles. The number of nitrogens with zero attached hydrogens (tertiary/aromatic N) is 7. The van der Waals surface area contributed by atoms with Crippen LogP contribution < -0.4 is 20.3 Å². The van der Waals surface area contributed by atoms with E-state index < -0.39 is 0 Å². The summed E-state index contributed by atoms with van der Waals surface area (Å²) >= 11 is 0. The van der Waals surface area contributed by atoms with Gasteiger partial charge in [0.05, 0.1) is 35.4 Å². The van der Waals surface area contributed by atoms with Crippen LogP contribution in [0.5, 0.6) is 5.75 Å². The van der Waals surface area contributed by atoms with E-state index >= 15 is 0 Å². The number of hydrogen-bond acceptors (Lipinski definition) is 9. The Morgan fingerprint density at radius 3 is 2.56 bits per heavy atom. The maximum absolute atomic E-state index is 12.8. The van der Waals surface area contributed by atoms with Crippen LogP contribution in [0.25, 0.3) is 16.9 Å². The van der Waals surface area contributed by atoms with Crippen LogP contribution in [0.2, 0.25) is 0 Å². The van der Waals surface area contributed by atoms with E-state index in [0.29, 0.717) is 35.3 Å². The number of likely N-dealkylation sites (N-methyl/N-ethyl adjacent to an activating group) is 3. The maximum Gasteiger partial charge on any atom is 0.248 e. The molecule has 2 N–H and O–H groups in total. The van der Waals surface area contributed by atoms with Crippen molar-refractivity contribution in [1.82, 2.24) is 29.2 Å². The molecular formula is C30H39N9O2. The lowest BCUT2D eigenvalue weighted by Crippen LogP contribution is -2.29. The molecule has 0 radical (unpaired) electrons. The summed E-state index contributed by atoms with van der Waals surface area (Å²) in [5.74, 6) is 0.756. The first-order valence-electron chi connectivity index (χ1n) is 13.4. The van der Waals surface area contributed by atoms with Gasteiger partial charge in [-0.05, 0) is 59.4 Å². The number of aryl methyl sites for hydroxylation is 1. The van der Waals surface area contributed by atoms with Gasteiger partial charge in [0.25, 0.3) is 0 Å². The first kappa shape index (κ1) is 29.5. The average Bonchev–Trinajstić information content (AvgIpc) is 3.37. The smallest absolute Gasteiger partial charge is 0.248 e. The normalized spacial score (nSPS) is 11.5. The van der Waals surface area contributed by atoms with Gasteiger partial charge in [0, 0.05) is 50.7 Å². The zero-order chi connectivity index (χ0) is 29.5. The minimum atomic E-state index is -0.217. The fraction of sp³-hybridized carbons (Fsp3) is 0.333. The molecule has 216 valence electrons. The number of benzene rings is 1. The fourth-order valence-electron chi connectivity index (χ4n) is 4.29. The summed E-state index contributed by atoms with van der Waals surface area (Å²) in [5.41, 5.74) is 5.59. The van der Waals surface area contributed by atoms with Crippen molar-refractivity contribution in [2.75, 3.05) is 77.5 Å². The SMILES string of the molecule is COc1cc(N(C)CCN(C)C)c(NC(=O)/C=C/CN(C)C)cc1Nc1nccc(-c2ncn3c(C)cccc23)n1. The van der Waals surface area contributed by atoms with Gasteiger partial charge < -0.3 is 34.5 Å². The molecule has 0 aliphatic rings. The summed E-state index contributed by atoms with van der Waals surface area (Å²) in [6.07, 6.45) is 6.86. The summed E-state index contributed by atoms with van der Waals surface area (Å²) < 4.78 is 7.78. The number of amides is 1. The number of ether oxygens (including phenoxy) is 1. The molecule has 0 aliphatic carbocycles. The van der Waals surface area contributed by atoms with Gasteiger partial charge in [0.1, 0.15) is 17.8 Å². The first-order valence-corrected chi connectivity index (χ1v) is 13.4. The Labute approximate surface area is 241 Å². The molecule has 4 aromatic rings. The second kappa shape index (κ2) is 13.2. The highest BCUT2D eigenvalue weighted by Gasteiger charge is 2.17. The van der Waals surface area contributed by atoms with Crippen molar-refractivity contribution in [2.45, 2.75) is 6.92 Å². The van der Waals surface area contributed by atoms with E-state index in [9.17, 15) is 4.79 Å².